The SMILES string of the molecule is c1cn2cc(-c3ccc(CC4C[C@@H]5CN(CC6CCOCC6)C[C@@H]5C4)nn3)ccc2n1. The molecule has 3 aliphatic rings. The van der Waals surface area contributed by atoms with E-state index in [4.69, 9.17) is 4.74 Å². The van der Waals surface area contributed by atoms with Gasteiger partial charge in [-0.15, -0.1) is 0 Å². The van der Waals surface area contributed by atoms with Crippen LogP contribution in [-0.2, 0) is 11.2 Å². The van der Waals surface area contributed by atoms with Gasteiger partial charge < -0.3 is 14.0 Å². The molecule has 0 spiro atoms. The molecule has 5 heterocycles. The fraction of sp³-hybridized carbons (Fsp3) is 0.560. The third kappa shape index (κ3) is 4.11. The van der Waals surface area contributed by atoms with E-state index < -0.39 is 0 Å². The van der Waals surface area contributed by atoms with Gasteiger partial charge in [-0.05, 0) is 80.0 Å². The van der Waals surface area contributed by atoms with Crippen molar-refractivity contribution in [3.63, 3.8) is 0 Å². The van der Waals surface area contributed by atoms with Gasteiger partial charge in [0, 0.05) is 57.0 Å². The number of fused-ring (bicyclic) bond motifs is 2. The van der Waals surface area contributed by atoms with Gasteiger partial charge in [0.15, 0.2) is 0 Å². The van der Waals surface area contributed by atoms with Crippen LogP contribution in [0.2, 0.25) is 0 Å². The number of hydrogen-bond acceptors (Lipinski definition) is 5. The fourth-order valence-electron chi connectivity index (χ4n) is 6.12. The number of ether oxygens (including phenoxy) is 1. The minimum atomic E-state index is 0.766. The van der Waals surface area contributed by atoms with Crippen molar-refractivity contribution in [2.45, 2.75) is 32.1 Å². The Hall–Kier alpha value is -2.31. The normalized spacial score (nSPS) is 27.2. The molecule has 0 aromatic carbocycles. The smallest absolute Gasteiger partial charge is 0.136 e. The predicted molar refractivity (Wildman–Crippen MR) is 120 cm³/mol. The Morgan fingerprint density at radius 3 is 2.55 bits per heavy atom. The second kappa shape index (κ2) is 8.32. The van der Waals surface area contributed by atoms with Crippen LogP contribution >= 0.6 is 0 Å². The molecule has 2 aliphatic heterocycles. The minimum Gasteiger partial charge on any atom is -0.381 e. The van der Waals surface area contributed by atoms with Gasteiger partial charge in [0.25, 0.3) is 0 Å². The maximum Gasteiger partial charge on any atom is 0.136 e. The summed E-state index contributed by atoms with van der Waals surface area (Å²) in [6.07, 6.45) is 12.1. The van der Waals surface area contributed by atoms with Gasteiger partial charge in [0.05, 0.1) is 11.4 Å². The molecule has 0 N–H and O–H groups in total. The Labute approximate surface area is 183 Å². The number of aromatic nitrogens is 4. The molecule has 6 rings (SSSR count). The molecule has 1 saturated carbocycles. The average molecular weight is 418 g/mol. The summed E-state index contributed by atoms with van der Waals surface area (Å²) in [4.78, 5) is 7.04. The third-order valence-electron chi connectivity index (χ3n) is 7.68. The average Bonchev–Trinajstić information content (AvgIpc) is 3.49. The van der Waals surface area contributed by atoms with Gasteiger partial charge in [0.1, 0.15) is 5.65 Å². The summed E-state index contributed by atoms with van der Waals surface area (Å²) < 4.78 is 7.54. The molecule has 1 aliphatic carbocycles. The zero-order valence-electron chi connectivity index (χ0n) is 18.1. The Bertz CT molecular complexity index is 1010. The van der Waals surface area contributed by atoms with Crippen LogP contribution in [0.1, 0.15) is 31.4 Å². The summed E-state index contributed by atoms with van der Waals surface area (Å²) >= 11 is 0. The summed E-state index contributed by atoms with van der Waals surface area (Å²) in [5.74, 6) is 3.40. The molecule has 3 fully saturated rings. The van der Waals surface area contributed by atoms with Crippen LogP contribution in [0.3, 0.4) is 0 Å². The third-order valence-corrected chi connectivity index (χ3v) is 7.68. The number of imidazole rings is 1. The van der Waals surface area contributed by atoms with Gasteiger partial charge in [-0.3, -0.25) is 0 Å². The number of pyridine rings is 1. The first-order valence-corrected chi connectivity index (χ1v) is 11.9. The summed E-state index contributed by atoms with van der Waals surface area (Å²) in [7, 11) is 0. The highest BCUT2D eigenvalue weighted by atomic mass is 16.5. The zero-order valence-corrected chi connectivity index (χ0v) is 18.1. The van der Waals surface area contributed by atoms with Crippen LogP contribution in [0.25, 0.3) is 16.9 Å². The van der Waals surface area contributed by atoms with E-state index >= 15 is 0 Å². The van der Waals surface area contributed by atoms with Crippen molar-refractivity contribution in [3.8, 4) is 11.3 Å². The van der Waals surface area contributed by atoms with Gasteiger partial charge in [0.2, 0.25) is 0 Å². The van der Waals surface area contributed by atoms with E-state index in [9.17, 15) is 0 Å². The van der Waals surface area contributed by atoms with Crippen LogP contribution in [0, 0.1) is 23.7 Å². The first-order chi connectivity index (χ1) is 15.3. The van der Waals surface area contributed by atoms with E-state index in [0.29, 0.717) is 0 Å². The lowest BCUT2D eigenvalue weighted by atomic mass is 9.98. The second-order valence-electron chi connectivity index (χ2n) is 9.86. The molecule has 3 aromatic rings. The van der Waals surface area contributed by atoms with Crippen LogP contribution in [0.5, 0.6) is 0 Å². The summed E-state index contributed by atoms with van der Waals surface area (Å²) in [5, 5.41) is 9.10. The van der Waals surface area contributed by atoms with Crippen molar-refractivity contribution >= 4 is 5.65 Å². The van der Waals surface area contributed by atoms with E-state index in [2.05, 4.69) is 44.5 Å². The number of hydrogen-bond donors (Lipinski definition) is 0. The van der Waals surface area contributed by atoms with Crippen LogP contribution in [0.15, 0.2) is 42.9 Å². The van der Waals surface area contributed by atoms with Gasteiger partial charge in [-0.1, -0.05) is 0 Å². The Morgan fingerprint density at radius 1 is 0.935 bits per heavy atom. The fourth-order valence-corrected chi connectivity index (χ4v) is 6.12. The van der Waals surface area contributed by atoms with E-state index in [0.717, 1.165) is 65.9 Å². The van der Waals surface area contributed by atoms with E-state index in [1.54, 1.807) is 0 Å². The first-order valence-electron chi connectivity index (χ1n) is 11.9. The van der Waals surface area contributed by atoms with Crippen LogP contribution < -0.4 is 0 Å². The van der Waals surface area contributed by atoms with E-state index in [1.807, 2.05) is 22.9 Å². The highest BCUT2D eigenvalue weighted by molar-refractivity contribution is 5.60. The quantitative estimate of drug-likeness (QED) is 0.633. The van der Waals surface area contributed by atoms with Crippen molar-refractivity contribution < 1.29 is 4.74 Å². The molecule has 3 atom stereocenters. The molecule has 0 bridgehead atoms. The molecule has 0 amide bonds. The molecule has 1 unspecified atom stereocenters. The Balaban J connectivity index is 1.03. The van der Waals surface area contributed by atoms with Crippen molar-refractivity contribution in [2.75, 3.05) is 32.8 Å². The lowest BCUT2D eigenvalue weighted by molar-refractivity contribution is 0.0544. The maximum absolute atomic E-state index is 5.52. The largest absolute Gasteiger partial charge is 0.381 e. The summed E-state index contributed by atoms with van der Waals surface area (Å²) in [5.41, 5.74) is 4.08. The predicted octanol–water partition coefficient (Wildman–Crippen LogP) is 3.72. The number of nitrogens with zero attached hydrogens (tertiary/aromatic N) is 5. The highest BCUT2D eigenvalue weighted by Crippen LogP contribution is 2.43. The van der Waals surface area contributed by atoms with Crippen molar-refractivity contribution in [1.82, 2.24) is 24.5 Å². The maximum atomic E-state index is 5.52. The first kappa shape index (κ1) is 19.4. The van der Waals surface area contributed by atoms with Crippen molar-refractivity contribution in [1.29, 1.82) is 0 Å². The Kier molecular flexibility index (Phi) is 5.20. The monoisotopic (exact) mass is 417 g/mol. The standard InChI is InChI=1S/C25H31N5O/c1-4-25-26-7-8-30(25)17-20(1)24-3-2-23(27-28-24)13-19-11-21-15-29(16-22(21)12-19)14-18-5-9-31-10-6-18/h1-4,7-8,17-19,21-22H,5-6,9-16H2/t19?,21-,22+. The van der Waals surface area contributed by atoms with Gasteiger partial charge in [-0.25, -0.2) is 4.98 Å². The topological polar surface area (TPSA) is 55.6 Å². The van der Waals surface area contributed by atoms with Crippen LogP contribution in [0.4, 0.5) is 0 Å². The highest BCUT2D eigenvalue weighted by Gasteiger charge is 2.41. The molecule has 3 aromatic heterocycles. The summed E-state index contributed by atoms with van der Waals surface area (Å²) in [6.45, 7) is 5.83. The molecule has 6 heteroatoms. The minimum absolute atomic E-state index is 0.766. The molecular weight excluding hydrogens is 386 g/mol. The van der Waals surface area contributed by atoms with Gasteiger partial charge in [-0.2, -0.15) is 10.2 Å². The molecule has 31 heavy (non-hydrogen) atoms. The van der Waals surface area contributed by atoms with Crippen molar-refractivity contribution in [3.05, 3.63) is 48.5 Å². The molecule has 0 radical (unpaired) electrons. The number of likely N-dealkylation sites (tertiary alicyclic amines) is 1. The van der Waals surface area contributed by atoms with Gasteiger partial charge >= 0.3 is 0 Å². The second-order valence-corrected chi connectivity index (χ2v) is 9.86. The lowest BCUT2D eigenvalue weighted by Gasteiger charge is -2.27. The van der Waals surface area contributed by atoms with E-state index in [1.165, 1.54) is 45.3 Å². The number of rotatable bonds is 5. The zero-order chi connectivity index (χ0) is 20.6. The van der Waals surface area contributed by atoms with Crippen molar-refractivity contribution in [2.24, 2.45) is 23.7 Å². The molecule has 162 valence electrons. The van der Waals surface area contributed by atoms with E-state index in [-0.39, 0.29) is 0 Å². The Morgan fingerprint density at radius 2 is 1.77 bits per heavy atom. The lowest BCUT2D eigenvalue weighted by Crippen LogP contribution is -2.31. The molecular formula is C25H31N5O. The molecule has 2 saturated heterocycles. The van der Waals surface area contributed by atoms with Crippen LogP contribution in [-0.4, -0.2) is 57.3 Å². The summed E-state index contributed by atoms with van der Waals surface area (Å²) in [6, 6.07) is 8.38. The molecule has 6 nitrogen and oxygen atoms in total.